The van der Waals surface area contributed by atoms with Crippen LogP contribution in [-0.4, -0.2) is 48.2 Å². The third kappa shape index (κ3) is 2.56. The first kappa shape index (κ1) is 19.3. The van der Waals surface area contributed by atoms with Crippen molar-refractivity contribution in [2.45, 2.75) is 36.3 Å². The van der Waals surface area contributed by atoms with Crippen LogP contribution in [0.1, 0.15) is 0 Å². The van der Waals surface area contributed by atoms with Crippen molar-refractivity contribution in [3.63, 3.8) is 0 Å². The summed E-state index contributed by atoms with van der Waals surface area (Å²) in [6, 6.07) is 0. The van der Waals surface area contributed by atoms with E-state index in [1.54, 1.807) is 9.98 Å². The fourth-order valence-corrected chi connectivity index (χ4v) is 1.55. The second-order valence-electron chi connectivity index (χ2n) is 3.91. The lowest BCUT2D eigenvalue weighted by Gasteiger charge is -2.36. The maximum absolute atomic E-state index is 12.8. The lowest BCUT2D eigenvalue weighted by molar-refractivity contribution is -0.407. The van der Waals surface area contributed by atoms with Crippen molar-refractivity contribution in [3.05, 3.63) is 0 Å². The maximum Gasteiger partial charge on any atom is 0.444 e. The first-order chi connectivity index (χ1) is 10.1. The lowest BCUT2D eigenvalue weighted by atomic mass is 10.0. The molecule has 0 fully saturated rings. The summed E-state index contributed by atoms with van der Waals surface area (Å²) in [4.78, 5) is 13.3. The molecule has 15 heteroatoms. The Balaban J connectivity index is 3.84. The van der Waals surface area contributed by atoms with E-state index in [-0.39, 0.29) is 6.08 Å². The molecule has 0 spiro atoms. The van der Waals surface area contributed by atoms with Gasteiger partial charge in [-0.1, -0.05) is 0 Å². The van der Waals surface area contributed by atoms with Gasteiger partial charge in [0.1, 0.15) is 0 Å². The third-order valence-corrected chi connectivity index (χ3v) is 2.55. The highest BCUT2D eigenvalue weighted by molar-refractivity contribution is 5.97. The molecule has 0 saturated carbocycles. The molecule has 1 unspecified atom stereocenters. The summed E-state index contributed by atoms with van der Waals surface area (Å²) in [6.07, 6.45) is -24.9. The molecule has 1 heterocycles. The number of ether oxygens (including phenoxy) is 1. The molecule has 23 heavy (non-hydrogen) atoms. The largest absolute Gasteiger partial charge is 0.444 e. The first-order valence-corrected chi connectivity index (χ1v) is 4.93. The van der Waals surface area contributed by atoms with Gasteiger partial charge in [-0.2, -0.15) is 39.5 Å². The molecule has 0 aromatic carbocycles. The summed E-state index contributed by atoms with van der Waals surface area (Å²) in [5.74, 6) is -2.98. The molecular weight excluding hydrogens is 365 g/mol. The fourth-order valence-electron chi connectivity index (χ4n) is 1.55. The highest BCUT2D eigenvalue weighted by atomic mass is 19.4. The van der Waals surface area contributed by atoms with Crippen LogP contribution in [0.5, 0.6) is 0 Å². The summed E-state index contributed by atoms with van der Waals surface area (Å²) in [7, 11) is 0. The lowest BCUT2D eigenvalue weighted by Crippen LogP contribution is -2.65. The van der Waals surface area contributed by atoms with E-state index >= 15 is 0 Å². The number of alkyl halides is 11. The Labute approximate surface area is 117 Å². The summed E-state index contributed by atoms with van der Waals surface area (Å²) < 4.78 is 142. The Morgan fingerprint density at radius 3 is 1.65 bits per heavy atom. The predicted octanol–water partition coefficient (Wildman–Crippen LogP) is 3.14. The van der Waals surface area contributed by atoms with Gasteiger partial charge >= 0.3 is 29.9 Å². The highest BCUT2D eigenvalue weighted by Crippen LogP contribution is 2.57. The van der Waals surface area contributed by atoms with Crippen LogP contribution >= 0.6 is 0 Å². The molecule has 0 aromatic rings. The van der Waals surface area contributed by atoms with E-state index in [9.17, 15) is 53.1 Å². The van der Waals surface area contributed by atoms with Crippen molar-refractivity contribution in [3.8, 4) is 0 Å². The predicted molar refractivity (Wildman–Crippen MR) is 46.3 cm³/mol. The molecule has 0 amide bonds. The molecule has 132 valence electrons. The van der Waals surface area contributed by atoms with E-state index in [0.29, 0.717) is 0 Å². The molecule has 0 bridgehead atoms. The van der Waals surface area contributed by atoms with Gasteiger partial charge in [0.05, 0.1) is 0 Å². The number of amidine groups is 1. The van der Waals surface area contributed by atoms with Gasteiger partial charge in [0.15, 0.2) is 5.84 Å². The zero-order valence-corrected chi connectivity index (χ0v) is 9.95. The molecule has 0 N–H and O–H groups in total. The second-order valence-corrected chi connectivity index (χ2v) is 3.91. The smallest absolute Gasteiger partial charge is 0.310 e. The minimum absolute atomic E-state index is 0.0887. The van der Waals surface area contributed by atoms with E-state index in [1.807, 2.05) is 0 Å². The molecule has 1 rings (SSSR count). The van der Waals surface area contributed by atoms with Gasteiger partial charge in [-0.15, -0.1) is 4.99 Å². The average Bonchev–Trinajstić information content (AvgIpc) is 2.65. The second kappa shape index (κ2) is 5.12. The molecule has 0 aliphatic carbocycles. The number of carbonyl (C=O) groups excluding carboxylic acids is 1. The molecule has 0 aromatic heterocycles. The fraction of sp³-hybridized carbons (Fsp3) is 0.750. The minimum Gasteiger partial charge on any atom is -0.310 e. The number of hydrogen-bond acceptors (Lipinski definition) is 4. The standard InChI is InChI=1S/C8HF11N2O2/c9-2(10)5(8(17,18)19)21-3(20-1-22)4(23-5,6(11,12)13)7(14,15)16/h2H. The van der Waals surface area contributed by atoms with Gasteiger partial charge in [0, 0.05) is 0 Å². The van der Waals surface area contributed by atoms with E-state index < -0.39 is 42.1 Å². The number of rotatable bonds is 1. The van der Waals surface area contributed by atoms with Crippen LogP contribution in [0.25, 0.3) is 0 Å². The van der Waals surface area contributed by atoms with Crippen molar-refractivity contribution in [2.75, 3.05) is 0 Å². The normalized spacial score (nSPS) is 25.3. The van der Waals surface area contributed by atoms with E-state index in [2.05, 4.69) is 4.74 Å². The molecular formula is C8HF11N2O2. The molecule has 0 radical (unpaired) electrons. The van der Waals surface area contributed by atoms with Gasteiger partial charge in [-0.3, -0.25) is 0 Å². The molecule has 1 atom stereocenters. The van der Waals surface area contributed by atoms with Gasteiger partial charge in [-0.25, -0.2) is 18.6 Å². The van der Waals surface area contributed by atoms with Gasteiger partial charge < -0.3 is 4.74 Å². The van der Waals surface area contributed by atoms with Gasteiger partial charge in [0.25, 0.3) is 6.43 Å². The summed E-state index contributed by atoms with van der Waals surface area (Å²) >= 11 is 0. The first-order valence-electron chi connectivity index (χ1n) is 4.93. The molecule has 1 aliphatic heterocycles. The Bertz CT molecular complexity index is 540. The topological polar surface area (TPSA) is 51.0 Å². The average molecular weight is 366 g/mol. The maximum atomic E-state index is 12.8. The number of aliphatic imine (C=N–C) groups is 2. The Kier molecular flexibility index (Phi) is 4.30. The van der Waals surface area contributed by atoms with Gasteiger partial charge in [0.2, 0.25) is 6.08 Å². The number of halogens is 11. The van der Waals surface area contributed by atoms with E-state index in [4.69, 9.17) is 0 Å². The van der Waals surface area contributed by atoms with Crippen LogP contribution in [0.2, 0.25) is 0 Å². The Morgan fingerprint density at radius 1 is 0.957 bits per heavy atom. The number of hydrogen-bond donors (Lipinski definition) is 0. The van der Waals surface area contributed by atoms with E-state index in [1.165, 1.54) is 0 Å². The van der Waals surface area contributed by atoms with Crippen LogP contribution < -0.4 is 0 Å². The Morgan fingerprint density at radius 2 is 1.39 bits per heavy atom. The summed E-state index contributed by atoms with van der Waals surface area (Å²) in [6.45, 7) is 0. The quantitative estimate of drug-likeness (QED) is 0.407. The van der Waals surface area contributed by atoms with Crippen LogP contribution in [0, 0.1) is 0 Å². The monoisotopic (exact) mass is 366 g/mol. The summed E-state index contributed by atoms with van der Waals surface area (Å²) in [5, 5.41) is 0. The SMILES string of the molecule is O=C=NC1=NC(C(F)F)(C(F)(F)F)OC1(C(F)(F)F)C(F)(F)F. The van der Waals surface area contributed by atoms with Crippen LogP contribution in [-0.2, 0) is 9.53 Å². The highest BCUT2D eigenvalue weighted by Gasteiger charge is 2.85. The van der Waals surface area contributed by atoms with Crippen molar-refractivity contribution in [1.29, 1.82) is 0 Å². The van der Waals surface area contributed by atoms with Crippen molar-refractivity contribution in [1.82, 2.24) is 0 Å². The van der Waals surface area contributed by atoms with E-state index in [0.717, 1.165) is 0 Å². The van der Waals surface area contributed by atoms with Crippen molar-refractivity contribution in [2.24, 2.45) is 9.98 Å². The van der Waals surface area contributed by atoms with Crippen LogP contribution in [0.3, 0.4) is 0 Å². The third-order valence-electron chi connectivity index (χ3n) is 2.55. The van der Waals surface area contributed by atoms with Crippen LogP contribution in [0.4, 0.5) is 48.3 Å². The minimum atomic E-state index is -6.74. The summed E-state index contributed by atoms with van der Waals surface area (Å²) in [5.41, 5.74) is -11.5. The van der Waals surface area contributed by atoms with Crippen LogP contribution in [0.15, 0.2) is 9.98 Å². The van der Waals surface area contributed by atoms with Crippen molar-refractivity contribution < 1.29 is 57.8 Å². The molecule has 4 nitrogen and oxygen atoms in total. The zero-order valence-electron chi connectivity index (χ0n) is 9.95. The molecule has 1 aliphatic rings. The number of isocyanates is 1. The number of nitrogens with zero attached hydrogens (tertiary/aromatic N) is 2. The Hall–Kier alpha value is -1.76. The van der Waals surface area contributed by atoms with Crippen molar-refractivity contribution >= 4 is 11.9 Å². The molecule has 0 saturated heterocycles. The van der Waals surface area contributed by atoms with Gasteiger partial charge in [-0.05, 0) is 0 Å². The zero-order chi connectivity index (χ0) is 18.5.